The molecule has 0 aromatic carbocycles. The maximum atomic E-state index is 9.59. The zero-order chi connectivity index (χ0) is 13.9. The van der Waals surface area contributed by atoms with Gasteiger partial charge in [-0.3, -0.25) is 0 Å². The quantitative estimate of drug-likeness (QED) is 0.397. The second-order valence-corrected chi connectivity index (χ2v) is 6.00. The van der Waals surface area contributed by atoms with Gasteiger partial charge in [-0.15, -0.1) is 0 Å². The summed E-state index contributed by atoms with van der Waals surface area (Å²) < 4.78 is 0. The van der Waals surface area contributed by atoms with Gasteiger partial charge < -0.3 is 10.0 Å². The van der Waals surface area contributed by atoms with Crippen LogP contribution >= 0.6 is 0 Å². The van der Waals surface area contributed by atoms with Crippen molar-refractivity contribution >= 4 is 7.12 Å². The summed E-state index contributed by atoms with van der Waals surface area (Å²) in [5, 5.41) is 18.9. The summed E-state index contributed by atoms with van der Waals surface area (Å²) in [6.07, 6.45) is 12.9. The zero-order valence-corrected chi connectivity index (χ0v) is 12.7. The third-order valence-corrected chi connectivity index (χ3v) is 4.08. The lowest BCUT2D eigenvalue weighted by Gasteiger charge is -2.28. The Morgan fingerprint density at radius 3 is 1.50 bits per heavy atom. The smallest absolute Gasteiger partial charge is 0.427 e. The molecule has 0 fully saturated rings. The molecule has 0 aliphatic carbocycles. The maximum absolute atomic E-state index is 9.59. The molecule has 0 radical (unpaired) electrons. The van der Waals surface area contributed by atoms with Crippen LogP contribution in [-0.2, 0) is 0 Å². The van der Waals surface area contributed by atoms with Crippen LogP contribution in [0.4, 0.5) is 0 Å². The van der Waals surface area contributed by atoms with Gasteiger partial charge in [0.25, 0.3) is 0 Å². The number of unbranched alkanes of at least 4 members (excludes halogenated alkanes) is 7. The maximum Gasteiger partial charge on any atom is 0.457 e. The van der Waals surface area contributed by atoms with E-state index in [-0.39, 0.29) is 5.31 Å². The summed E-state index contributed by atoms with van der Waals surface area (Å²) in [6, 6.07) is 0. The molecule has 1 atom stereocenters. The Morgan fingerprint density at radius 1 is 0.722 bits per heavy atom. The molecule has 108 valence electrons. The van der Waals surface area contributed by atoms with Crippen molar-refractivity contribution in [2.75, 3.05) is 0 Å². The first kappa shape index (κ1) is 18.0. The SMILES string of the molecule is CCCCCCCC(C)(CCCCCC)B(O)O. The molecule has 1 unspecified atom stereocenters. The molecular weight excluding hydrogens is 223 g/mol. The minimum absolute atomic E-state index is 0.292. The van der Waals surface area contributed by atoms with Crippen LogP contribution < -0.4 is 0 Å². The molecule has 0 bridgehead atoms. The Kier molecular flexibility index (Phi) is 10.9. The zero-order valence-electron chi connectivity index (χ0n) is 12.7. The fourth-order valence-corrected chi connectivity index (χ4v) is 2.47. The lowest BCUT2D eigenvalue weighted by Crippen LogP contribution is -2.30. The van der Waals surface area contributed by atoms with Crippen molar-refractivity contribution < 1.29 is 10.0 Å². The third kappa shape index (κ3) is 8.15. The van der Waals surface area contributed by atoms with E-state index in [0.717, 1.165) is 25.7 Å². The fraction of sp³-hybridized carbons (Fsp3) is 1.00. The highest BCUT2D eigenvalue weighted by molar-refractivity contribution is 6.45. The molecule has 2 N–H and O–H groups in total. The Balaban J connectivity index is 3.86. The first-order valence-electron chi connectivity index (χ1n) is 7.93. The minimum atomic E-state index is -1.16. The van der Waals surface area contributed by atoms with Gasteiger partial charge in [-0.2, -0.15) is 0 Å². The topological polar surface area (TPSA) is 40.5 Å². The third-order valence-electron chi connectivity index (χ3n) is 4.08. The van der Waals surface area contributed by atoms with Crippen molar-refractivity contribution in [1.82, 2.24) is 0 Å². The average Bonchev–Trinajstić information content (AvgIpc) is 2.34. The van der Waals surface area contributed by atoms with Crippen LogP contribution in [0, 0.1) is 0 Å². The van der Waals surface area contributed by atoms with E-state index in [1.54, 1.807) is 0 Å². The monoisotopic (exact) mass is 256 g/mol. The first-order valence-corrected chi connectivity index (χ1v) is 7.93. The molecule has 0 rings (SSSR count). The van der Waals surface area contributed by atoms with Crippen molar-refractivity contribution in [3.63, 3.8) is 0 Å². The normalized spacial score (nSPS) is 14.5. The predicted molar refractivity (Wildman–Crippen MR) is 80.7 cm³/mol. The van der Waals surface area contributed by atoms with Crippen molar-refractivity contribution in [1.29, 1.82) is 0 Å². The molecule has 2 nitrogen and oxygen atoms in total. The summed E-state index contributed by atoms with van der Waals surface area (Å²) >= 11 is 0. The molecule has 18 heavy (non-hydrogen) atoms. The summed E-state index contributed by atoms with van der Waals surface area (Å²) in [7, 11) is -1.16. The predicted octanol–water partition coefficient (Wildman–Crippen LogP) is 4.55. The van der Waals surface area contributed by atoms with E-state index in [1.165, 1.54) is 44.9 Å². The second kappa shape index (κ2) is 10.9. The van der Waals surface area contributed by atoms with Crippen molar-refractivity contribution in [2.24, 2.45) is 0 Å². The first-order chi connectivity index (χ1) is 8.56. The van der Waals surface area contributed by atoms with Gasteiger partial charge in [0.2, 0.25) is 0 Å². The highest BCUT2D eigenvalue weighted by Gasteiger charge is 2.35. The number of hydrogen-bond acceptors (Lipinski definition) is 2. The lowest BCUT2D eigenvalue weighted by atomic mass is 9.54. The van der Waals surface area contributed by atoms with Crippen LogP contribution in [0.25, 0.3) is 0 Å². The molecule has 0 spiro atoms. The number of hydrogen-bond donors (Lipinski definition) is 2. The Bertz CT molecular complexity index is 185. The van der Waals surface area contributed by atoms with E-state index in [2.05, 4.69) is 13.8 Å². The molecule has 0 aliphatic rings. The molecule has 0 saturated carbocycles. The Morgan fingerprint density at radius 2 is 1.11 bits per heavy atom. The van der Waals surface area contributed by atoms with Crippen molar-refractivity contribution in [3.8, 4) is 0 Å². The van der Waals surface area contributed by atoms with Gasteiger partial charge in [-0.25, -0.2) is 0 Å². The summed E-state index contributed by atoms with van der Waals surface area (Å²) in [5.74, 6) is 0. The van der Waals surface area contributed by atoms with Crippen molar-refractivity contribution in [2.45, 2.75) is 96.7 Å². The van der Waals surface area contributed by atoms with E-state index >= 15 is 0 Å². The van der Waals surface area contributed by atoms with E-state index in [4.69, 9.17) is 0 Å². The highest BCUT2D eigenvalue weighted by atomic mass is 16.4. The van der Waals surface area contributed by atoms with Gasteiger partial charge in [0.1, 0.15) is 0 Å². The van der Waals surface area contributed by atoms with Gasteiger partial charge in [0.05, 0.1) is 0 Å². The van der Waals surface area contributed by atoms with Crippen LogP contribution in [0.15, 0.2) is 0 Å². The van der Waals surface area contributed by atoms with Gasteiger partial charge >= 0.3 is 7.12 Å². The lowest BCUT2D eigenvalue weighted by molar-refractivity contribution is 0.310. The number of rotatable bonds is 12. The van der Waals surface area contributed by atoms with Gasteiger partial charge in [0.15, 0.2) is 0 Å². The molecule has 3 heteroatoms. The van der Waals surface area contributed by atoms with Gasteiger partial charge in [-0.1, -0.05) is 78.6 Å². The van der Waals surface area contributed by atoms with Gasteiger partial charge in [0, 0.05) is 5.31 Å². The Hall–Kier alpha value is -0.0151. The van der Waals surface area contributed by atoms with E-state index < -0.39 is 7.12 Å². The molecular formula is C15H33BO2. The fourth-order valence-electron chi connectivity index (χ4n) is 2.47. The molecule has 0 aliphatic heterocycles. The largest absolute Gasteiger partial charge is 0.457 e. The molecule has 0 amide bonds. The summed E-state index contributed by atoms with van der Waals surface area (Å²) in [5.41, 5.74) is 0. The average molecular weight is 256 g/mol. The summed E-state index contributed by atoms with van der Waals surface area (Å²) in [6.45, 7) is 6.45. The van der Waals surface area contributed by atoms with Crippen LogP contribution in [0.2, 0.25) is 5.31 Å². The van der Waals surface area contributed by atoms with Gasteiger partial charge in [-0.05, 0) is 12.8 Å². The molecule has 0 saturated heterocycles. The second-order valence-electron chi connectivity index (χ2n) is 6.00. The molecule has 0 aromatic rings. The van der Waals surface area contributed by atoms with Crippen molar-refractivity contribution in [3.05, 3.63) is 0 Å². The van der Waals surface area contributed by atoms with E-state index in [1.807, 2.05) is 6.92 Å². The molecule has 0 heterocycles. The van der Waals surface area contributed by atoms with Crippen LogP contribution in [-0.4, -0.2) is 17.2 Å². The van der Waals surface area contributed by atoms with E-state index in [0.29, 0.717) is 0 Å². The molecule has 0 aromatic heterocycles. The van der Waals surface area contributed by atoms with E-state index in [9.17, 15) is 10.0 Å². The van der Waals surface area contributed by atoms with Crippen LogP contribution in [0.3, 0.4) is 0 Å². The summed E-state index contributed by atoms with van der Waals surface area (Å²) in [4.78, 5) is 0. The Labute approximate surface area is 114 Å². The standard InChI is InChI=1S/C15H33BO2/c1-4-6-8-10-12-14-15(3,16(17)18)13-11-9-7-5-2/h17-18H,4-14H2,1-3H3. The minimum Gasteiger partial charge on any atom is -0.427 e. The highest BCUT2D eigenvalue weighted by Crippen LogP contribution is 2.39. The van der Waals surface area contributed by atoms with Crippen LogP contribution in [0.1, 0.15) is 91.4 Å². The van der Waals surface area contributed by atoms with Crippen LogP contribution in [0.5, 0.6) is 0 Å².